The molecule has 1 nitrogen and oxygen atoms in total. The SMILES string of the molecule is CC1CC1C(N)c1csc2c(Br)cccc12. The average Bonchev–Trinajstić information content (AvgIpc) is 2.83. The highest BCUT2D eigenvalue weighted by atomic mass is 79.9. The number of rotatable bonds is 2. The van der Waals surface area contributed by atoms with Crippen LogP contribution in [0, 0.1) is 11.8 Å². The van der Waals surface area contributed by atoms with Gasteiger partial charge in [-0.2, -0.15) is 0 Å². The Balaban J connectivity index is 2.07. The first-order valence-corrected chi connectivity index (χ1v) is 7.27. The molecular weight excluding hydrogens is 282 g/mol. The van der Waals surface area contributed by atoms with E-state index in [0.29, 0.717) is 5.92 Å². The largest absolute Gasteiger partial charge is 0.324 e. The molecule has 1 aliphatic rings. The Morgan fingerprint density at radius 3 is 2.94 bits per heavy atom. The van der Waals surface area contributed by atoms with Gasteiger partial charge in [0.2, 0.25) is 0 Å². The lowest BCUT2D eigenvalue weighted by atomic mass is 10.0. The molecule has 1 aliphatic carbocycles. The average molecular weight is 296 g/mol. The van der Waals surface area contributed by atoms with Crippen molar-refractivity contribution in [2.75, 3.05) is 0 Å². The molecule has 1 aromatic heterocycles. The summed E-state index contributed by atoms with van der Waals surface area (Å²) in [7, 11) is 0. The van der Waals surface area contributed by atoms with Gasteiger partial charge in [-0.05, 0) is 56.6 Å². The molecule has 3 unspecified atom stereocenters. The Morgan fingerprint density at radius 1 is 1.50 bits per heavy atom. The molecule has 1 heterocycles. The number of hydrogen-bond donors (Lipinski definition) is 1. The maximum atomic E-state index is 6.34. The van der Waals surface area contributed by atoms with Crippen LogP contribution >= 0.6 is 27.3 Å². The van der Waals surface area contributed by atoms with E-state index >= 15 is 0 Å². The lowest BCUT2D eigenvalue weighted by Crippen LogP contribution is -2.12. The molecule has 2 aromatic rings. The predicted molar refractivity (Wildman–Crippen MR) is 73.7 cm³/mol. The van der Waals surface area contributed by atoms with Crippen LogP contribution in [0.2, 0.25) is 0 Å². The highest BCUT2D eigenvalue weighted by Crippen LogP contribution is 2.48. The Bertz CT molecular complexity index is 534. The smallest absolute Gasteiger partial charge is 0.0488 e. The van der Waals surface area contributed by atoms with E-state index in [1.54, 1.807) is 11.3 Å². The van der Waals surface area contributed by atoms with Crippen molar-refractivity contribution >= 4 is 37.4 Å². The zero-order chi connectivity index (χ0) is 11.3. The van der Waals surface area contributed by atoms with Gasteiger partial charge in [0, 0.05) is 15.2 Å². The van der Waals surface area contributed by atoms with E-state index in [4.69, 9.17) is 5.73 Å². The normalized spacial score (nSPS) is 25.9. The second-order valence-corrected chi connectivity index (χ2v) is 6.44. The summed E-state index contributed by atoms with van der Waals surface area (Å²) in [4.78, 5) is 0. The van der Waals surface area contributed by atoms with Crippen molar-refractivity contribution in [3.8, 4) is 0 Å². The Morgan fingerprint density at radius 2 is 2.25 bits per heavy atom. The maximum absolute atomic E-state index is 6.34. The lowest BCUT2D eigenvalue weighted by Gasteiger charge is -2.09. The third-order valence-electron chi connectivity index (χ3n) is 3.57. The standard InChI is InChI=1S/C13H14BrNS/c1-7-5-9(7)12(15)10-6-16-13-8(10)3-2-4-11(13)14/h2-4,6-7,9,12H,5,15H2,1H3. The summed E-state index contributed by atoms with van der Waals surface area (Å²) in [5, 5.41) is 3.55. The number of thiophene rings is 1. The molecule has 3 atom stereocenters. The quantitative estimate of drug-likeness (QED) is 0.877. The van der Waals surface area contributed by atoms with Gasteiger partial charge in [-0.3, -0.25) is 0 Å². The highest BCUT2D eigenvalue weighted by Gasteiger charge is 2.39. The van der Waals surface area contributed by atoms with Gasteiger partial charge in [0.25, 0.3) is 0 Å². The number of halogens is 1. The number of benzene rings is 1. The first-order chi connectivity index (χ1) is 7.68. The fraction of sp³-hybridized carbons (Fsp3) is 0.385. The van der Waals surface area contributed by atoms with Gasteiger partial charge >= 0.3 is 0 Å². The molecule has 1 fully saturated rings. The Kier molecular flexibility index (Phi) is 2.57. The third kappa shape index (κ3) is 1.62. The van der Waals surface area contributed by atoms with E-state index in [-0.39, 0.29) is 6.04 Å². The molecule has 0 radical (unpaired) electrons. The fourth-order valence-corrected chi connectivity index (χ4v) is 4.05. The van der Waals surface area contributed by atoms with Crippen molar-refractivity contribution < 1.29 is 0 Å². The molecule has 3 rings (SSSR count). The van der Waals surface area contributed by atoms with Gasteiger partial charge in [0.15, 0.2) is 0 Å². The minimum absolute atomic E-state index is 0.220. The summed E-state index contributed by atoms with van der Waals surface area (Å²) in [5.74, 6) is 1.49. The minimum atomic E-state index is 0.220. The molecular formula is C13H14BrNS. The van der Waals surface area contributed by atoms with E-state index < -0.39 is 0 Å². The molecule has 2 N–H and O–H groups in total. The lowest BCUT2D eigenvalue weighted by molar-refractivity contribution is 0.598. The second-order valence-electron chi connectivity index (χ2n) is 4.71. The summed E-state index contributed by atoms with van der Waals surface area (Å²) in [6.07, 6.45) is 1.28. The van der Waals surface area contributed by atoms with Gasteiger partial charge in [-0.25, -0.2) is 0 Å². The Hall–Kier alpha value is -0.380. The molecule has 3 heteroatoms. The zero-order valence-corrected chi connectivity index (χ0v) is 11.5. The van der Waals surface area contributed by atoms with Gasteiger partial charge in [0.1, 0.15) is 0 Å². The van der Waals surface area contributed by atoms with Crippen LogP contribution in [0.25, 0.3) is 10.1 Å². The molecule has 0 aliphatic heterocycles. The summed E-state index contributed by atoms with van der Waals surface area (Å²) in [6, 6.07) is 6.58. The number of nitrogens with two attached hydrogens (primary N) is 1. The van der Waals surface area contributed by atoms with Crippen molar-refractivity contribution in [2.24, 2.45) is 17.6 Å². The van der Waals surface area contributed by atoms with Crippen LogP contribution in [0.1, 0.15) is 24.9 Å². The first-order valence-electron chi connectivity index (χ1n) is 5.59. The third-order valence-corrected chi connectivity index (χ3v) is 5.54. The van der Waals surface area contributed by atoms with Crippen molar-refractivity contribution in [3.63, 3.8) is 0 Å². The first kappa shape index (κ1) is 10.8. The van der Waals surface area contributed by atoms with Crippen LogP contribution in [0.3, 0.4) is 0 Å². The van der Waals surface area contributed by atoms with Gasteiger partial charge in [-0.15, -0.1) is 11.3 Å². The number of fused-ring (bicyclic) bond motifs is 1. The topological polar surface area (TPSA) is 26.0 Å². The summed E-state index contributed by atoms with van der Waals surface area (Å²) in [6.45, 7) is 2.29. The van der Waals surface area contributed by atoms with Crippen LogP contribution in [0.15, 0.2) is 28.1 Å². The van der Waals surface area contributed by atoms with Crippen molar-refractivity contribution in [1.29, 1.82) is 0 Å². The summed E-state index contributed by atoms with van der Waals surface area (Å²) >= 11 is 5.38. The van der Waals surface area contributed by atoms with E-state index in [1.165, 1.54) is 26.5 Å². The van der Waals surface area contributed by atoms with Crippen LogP contribution in [0.4, 0.5) is 0 Å². The molecule has 84 valence electrons. The molecule has 0 bridgehead atoms. The van der Waals surface area contributed by atoms with Crippen LogP contribution in [-0.2, 0) is 0 Å². The van der Waals surface area contributed by atoms with E-state index in [1.807, 2.05) is 0 Å². The summed E-state index contributed by atoms with van der Waals surface area (Å²) < 4.78 is 2.50. The van der Waals surface area contributed by atoms with Crippen LogP contribution < -0.4 is 5.73 Å². The predicted octanol–water partition coefficient (Wildman–Crippen LogP) is 4.32. The molecule has 16 heavy (non-hydrogen) atoms. The van der Waals surface area contributed by atoms with Crippen LogP contribution in [0.5, 0.6) is 0 Å². The van der Waals surface area contributed by atoms with E-state index in [0.717, 1.165) is 5.92 Å². The van der Waals surface area contributed by atoms with Gasteiger partial charge < -0.3 is 5.73 Å². The minimum Gasteiger partial charge on any atom is -0.324 e. The maximum Gasteiger partial charge on any atom is 0.0488 e. The number of hydrogen-bond acceptors (Lipinski definition) is 2. The van der Waals surface area contributed by atoms with Crippen LogP contribution in [-0.4, -0.2) is 0 Å². The molecule has 0 spiro atoms. The molecule has 1 saturated carbocycles. The molecule has 1 aromatic carbocycles. The second kappa shape index (κ2) is 3.83. The monoisotopic (exact) mass is 295 g/mol. The molecule has 0 amide bonds. The van der Waals surface area contributed by atoms with Crippen molar-refractivity contribution in [1.82, 2.24) is 0 Å². The van der Waals surface area contributed by atoms with Crippen molar-refractivity contribution in [2.45, 2.75) is 19.4 Å². The van der Waals surface area contributed by atoms with Gasteiger partial charge in [-0.1, -0.05) is 19.1 Å². The van der Waals surface area contributed by atoms with E-state index in [2.05, 4.69) is 46.4 Å². The highest BCUT2D eigenvalue weighted by molar-refractivity contribution is 9.10. The van der Waals surface area contributed by atoms with E-state index in [9.17, 15) is 0 Å². The molecule has 0 saturated heterocycles. The summed E-state index contributed by atoms with van der Waals surface area (Å²) in [5.41, 5.74) is 7.67. The fourth-order valence-electron chi connectivity index (χ4n) is 2.38. The van der Waals surface area contributed by atoms with Crippen molar-refractivity contribution in [3.05, 3.63) is 33.6 Å². The zero-order valence-electron chi connectivity index (χ0n) is 9.11. The Labute approximate surface area is 108 Å². The van der Waals surface area contributed by atoms with Gasteiger partial charge in [0.05, 0.1) is 0 Å².